The van der Waals surface area contributed by atoms with Crippen molar-refractivity contribution in [2.24, 2.45) is 4.99 Å². The summed E-state index contributed by atoms with van der Waals surface area (Å²) in [4.78, 5) is 19.0. The highest BCUT2D eigenvalue weighted by Gasteiger charge is 2.23. The van der Waals surface area contributed by atoms with Crippen LogP contribution in [0.25, 0.3) is 0 Å². The predicted octanol–water partition coefficient (Wildman–Crippen LogP) is 7.03. The second kappa shape index (κ2) is 17.7. The highest BCUT2D eigenvalue weighted by Crippen LogP contribution is 2.15. The SMILES string of the molecule is CCCCCCCC/C=C/CCCCCCCC1=NCCN1CCNC(=O)C(C)(C)Br. The molecule has 5 heteroatoms. The lowest BCUT2D eigenvalue weighted by molar-refractivity contribution is -0.122. The van der Waals surface area contributed by atoms with Crippen LogP contribution < -0.4 is 5.32 Å². The Kier molecular flexibility index (Phi) is 16.1. The second-order valence-corrected chi connectivity index (χ2v) is 11.3. The number of amides is 1. The molecule has 0 aromatic carbocycles. The topological polar surface area (TPSA) is 44.7 Å². The van der Waals surface area contributed by atoms with Crippen molar-refractivity contribution in [3.63, 3.8) is 0 Å². The van der Waals surface area contributed by atoms with Crippen LogP contribution in [0.15, 0.2) is 17.1 Å². The molecule has 0 radical (unpaired) electrons. The number of carbonyl (C=O) groups excluding carboxylic acids is 1. The Morgan fingerprint density at radius 3 is 2.19 bits per heavy atom. The van der Waals surface area contributed by atoms with Gasteiger partial charge in [-0.3, -0.25) is 9.79 Å². The number of amidine groups is 1. The van der Waals surface area contributed by atoms with Gasteiger partial charge in [-0.15, -0.1) is 0 Å². The molecule has 0 fully saturated rings. The summed E-state index contributed by atoms with van der Waals surface area (Å²) in [5.74, 6) is 1.28. The van der Waals surface area contributed by atoms with Crippen molar-refractivity contribution in [3.05, 3.63) is 12.2 Å². The maximum absolute atomic E-state index is 11.9. The fraction of sp³-hybridized carbons (Fsp3) is 0.846. The maximum atomic E-state index is 11.9. The molecule has 31 heavy (non-hydrogen) atoms. The summed E-state index contributed by atoms with van der Waals surface area (Å²) in [6, 6.07) is 0. The van der Waals surface area contributed by atoms with Crippen LogP contribution in [0.1, 0.15) is 111 Å². The number of aliphatic imine (C=N–C) groups is 1. The summed E-state index contributed by atoms with van der Waals surface area (Å²) in [5, 5.41) is 3.00. The van der Waals surface area contributed by atoms with E-state index in [4.69, 9.17) is 0 Å². The minimum Gasteiger partial charge on any atom is -0.357 e. The Morgan fingerprint density at radius 1 is 1.00 bits per heavy atom. The molecule has 1 amide bonds. The van der Waals surface area contributed by atoms with E-state index in [1.165, 1.54) is 89.3 Å². The van der Waals surface area contributed by atoms with E-state index < -0.39 is 4.32 Å². The third-order valence-corrected chi connectivity index (χ3v) is 6.26. The largest absolute Gasteiger partial charge is 0.357 e. The molecule has 0 spiro atoms. The molecule has 1 aliphatic rings. The first kappa shape index (κ1) is 28.2. The van der Waals surface area contributed by atoms with Crippen molar-refractivity contribution in [1.82, 2.24) is 10.2 Å². The van der Waals surface area contributed by atoms with Gasteiger partial charge >= 0.3 is 0 Å². The number of halogens is 1. The molecule has 0 atom stereocenters. The Labute approximate surface area is 200 Å². The van der Waals surface area contributed by atoms with Gasteiger partial charge in [0.25, 0.3) is 0 Å². The molecule has 0 saturated heterocycles. The molecule has 1 heterocycles. The van der Waals surface area contributed by atoms with E-state index >= 15 is 0 Å². The first-order valence-corrected chi connectivity index (χ1v) is 13.6. The number of carbonyl (C=O) groups is 1. The van der Waals surface area contributed by atoms with Gasteiger partial charge < -0.3 is 10.2 Å². The van der Waals surface area contributed by atoms with Gasteiger partial charge in [-0.2, -0.15) is 0 Å². The van der Waals surface area contributed by atoms with Crippen LogP contribution in [0.5, 0.6) is 0 Å². The number of nitrogens with zero attached hydrogens (tertiary/aromatic N) is 2. The van der Waals surface area contributed by atoms with Gasteiger partial charge in [0.2, 0.25) is 5.91 Å². The Balaban J connectivity index is 1.95. The summed E-state index contributed by atoms with van der Waals surface area (Å²) < 4.78 is -0.501. The number of rotatable bonds is 19. The van der Waals surface area contributed by atoms with Gasteiger partial charge in [0.05, 0.1) is 16.7 Å². The van der Waals surface area contributed by atoms with Crippen molar-refractivity contribution >= 4 is 27.7 Å². The molecule has 0 unspecified atom stereocenters. The molecule has 1 aliphatic heterocycles. The first-order chi connectivity index (χ1) is 14.9. The molecular weight excluding hydrogens is 450 g/mol. The maximum Gasteiger partial charge on any atom is 0.236 e. The van der Waals surface area contributed by atoms with Gasteiger partial charge in [-0.05, 0) is 46.0 Å². The summed E-state index contributed by atoms with van der Waals surface area (Å²) in [7, 11) is 0. The van der Waals surface area contributed by atoms with E-state index in [-0.39, 0.29) is 5.91 Å². The van der Waals surface area contributed by atoms with Crippen molar-refractivity contribution < 1.29 is 4.79 Å². The lowest BCUT2D eigenvalue weighted by Crippen LogP contribution is -2.42. The first-order valence-electron chi connectivity index (χ1n) is 12.9. The van der Waals surface area contributed by atoms with Crippen LogP contribution in [-0.2, 0) is 4.79 Å². The fourth-order valence-electron chi connectivity index (χ4n) is 3.88. The Hall–Kier alpha value is -0.840. The van der Waals surface area contributed by atoms with E-state index in [0.717, 1.165) is 26.1 Å². The van der Waals surface area contributed by atoms with Gasteiger partial charge in [0.15, 0.2) is 0 Å². The molecule has 0 bridgehead atoms. The lowest BCUT2D eigenvalue weighted by atomic mass is 10.1. The Morgan fingerprint density at radius 2 is 1.58 bits per heavy atom. The second-order valence-electron chi connectivity index (χ2n) is 9.35. The third-order valence-electron chi connectivity index (χ3n) is 5.90. The highest BCUT2D eigenvalue weighted by molar-refractivity contribution is 9.10. The van der Waals surface area contributed by atoms with Crippen LogP contribution in [0.2, 0.25) is 0 Å². The standard InChI is InChI=1S/C26H48BrN3O/c1-4-5-6-7-8-9-10-11-12-13-14-15-16-17-18-19-24-28-20-22-30(24)23-21-29-25(31)26(2,3)27/h11-12H,4-10,13-23H2,1-3H3,(H,29,31)/b12-11+. The number of unbranched alkanes of at least 4 members (excludes halogenated alkanes) is 11. The van der Waals surface area contributed by atoms with E-state index in [1.54, 1.807) is 0 Å². The van der Waals surface area contributed by atoms with Gasteiger partial charge in [-0.25, -0.2) is 0 Å². The quantitative estimate of drug-likeness (QED) is 0.118. The summed E-state index contributed by atoms with van der Waals surface area (Å²) in [6.07, 6.45) is 23.2. The van der Waals surface area contributed by atoms with Crippen LogP contribution in [-0.4, -0.2) is 47.1 Å². The van der Waals surface area contributed by atoms with Crippen LogP contribution in [0, 0.1) is 0 Å². The number of nitrogens with one attached hydrogen (secondary N) is 1. The van der Waals surface area contributed by atoms with Crippen molar-refractivity contribution in [2.75, 3.05) is 26.2 Å². The van der Waals surface area contributed by atoms with Gasteiger partial charge in [0, 0.05) is 26.1 Å². The summed E-state index contributed by atoms with van der Waals surface area (Å²) in [5.41, 5.74) is 0. The zero-order valence-electron chi connectivity index (χ0n) is 20.6. The van der Waals surface area contributed by atoms with Gasteiger partial charge in [0.1, 0.15) is 0 Å². The molecule has 180 valence electrons. The summed E-state index contributed by atoms with van der Waals surface area (Å²) >= 11 is 3.40. The van der Waals surface area contributed by atoms with Crippen molar-refractivity contribution in [1.29, 1.82) is 0 Å². The minimum atomic E-state index is -0.501. The van der Waals surface area contributed by atoms with Crippen LogP contribution >= 0.6 is 15.9 Å². The zero-order chi connectivity index (χ0) is 22.8. The molecule has 4 nitrogen and oxygen atoms in total. The van der Waals surface area contributed by atoms with E-state index in [1.807, 2.05) is 13.8 Å². The predicted molar refractivity (Wildman–Crippen MR) is 139 cm³/mol. The minimum absolute atomic E-state index is 0.0439. The van der Waals surface area contributed by atoms with Gasteiger partial charge in [-0.1, -0.05) is 86.4 Å². The molecular formula is C26H48BrN3O. The monoisotopic (exact) mass is 497 g/mol. The third kappa shape index (κ3) is 14.8. The lowest BCUT2D eigenvalue weighted by Gasteiger charge is -2.22. The molecule has 0 aromatic heterocycles. The number of hydrogen-bond acceptors (Lipinski definition) is 3. The zero-order valence-corrected chi connectivity index (χ0v) is 22.1. The smallest absolute Gasteiger partial charge is 0.236 e. The molecule has 1 rings (SSSR count). The van der Waals surface area contributed by atoms with Crippen molar-refractivity contribution in [3.8, 4) is 0 Å². The van der Waals surface area contributed by atoms with Crippen LogP contribution in [0.4, 0.5) is 0 Å². The average Bonchev–Trinajstić information content (AvgIpc) is 3.17. The van der Waals surface area contributed by atoms with E-state index in [9.17, 15) is 4.79 Å². The average molecular weight is 499 g/mol. The van der Waals surface area contributed by atoms with Crippen molar-refractivity contribution in [2.45, 2.75) is 115 Å². The van der Waals surface area contributed by atoms with E-state index in [2.05, 4.69) is 50.2 Å². The number of hydrogen-bond donors (Lipinski definition) is 1. The number of allylic oxidation sites excluding steroid dienone is 2. The molecule has 1 N–H and O–H groups in total. The van der Waals surface area contributed by atoms with E-state index in [0.29, 0.717) is 6.54 Å². The fourth-order valence-corrected chi connectivity index (χ4v) is 4.02. The summed E-state index contributed by atoms with van der Waals surface area (Å²) in [6.45, 7) is 9.46. The highest BCUT2D eigenvalue weighted by atomic mass is 79.9. The molecule has 0 saturated carbocycles. The molecule has 0 aliphatic carbocycles. The Bertz CT molecular complexity index is 525. The number of alkyl halides is 1. The normalized spacial score (nSPS) is 14.5. The molecule has 0 aromatic rings. The van der Waals surface area contributed by atoms with Crippen LogP contribution in [0.3, 0.4) is 0 Å².